The van der Waals surface area contributed by atoms with Crippen molar-refractivity contribution in [3.63, 3.8) is 0 Å². The summed E-state index contributed by atoms with van der Waals surface area (Å²) in [6.07, 6.45) is 0. The first-order chi connectivity index (χ1) is 17.5. The number of esters is 1. The fraction of sp³-hybridized carbons (Fsp3) is 0.0667. The molecule has 1 atom stereocenters. The van der Waals surface area contributed by atoms with Gasteiger partial charge >= 0.3 is 5.97 Å². The maximum atomic E-state index is 13.4. The van der Waals surface area contributed by atoms with E-state index in [4.69, 9.17) is 15.2 Å². The Hall–Kier alpha value is -4.34. The summed E-state index contributed by atoms with van der Waals surface area (Å²) >= 11 is 3.45. The predicted molar refractivity (Wildman–Crippen MR) is 140 cm³/mol. The van der Waals surface area contributed by atoms with E-state index in [9.17, 15) is 10.1 Å². The van der Waals surface area contributed by atoms with E-state index in [-0.39, 0.29) is 5.88 Å². The molecule has 4 aromatic rings. The van der Waals surface area contributed by atoms with Crippen LogP contribution in [0.4, 0.5) is 0 Å². The van der Waals surface area contributed by atoms with Crippen LogP contribution < -0.4 is 15.2 Å². The van der Waals surface area contributed by atoms with Gasteiger partial charge in [-0.2, -0.15) is 5.26 Å². The number of rotatable bonds is 5. The van der Waals surface area contributed by atoms with Crippen LogP contribution in [0.3, 0.4) is 0 Å². The standard InChI is InChI=1S/C30H21BrN2O3/c31-22-13-11-21(12-14-22)28-24-16-15-23(17-26(24)36-29(33)25(28)18-32)35-30(34)27(19-7-3-1-4-8-19)20-9-5-2-6-10-20/h1-17,27-28H,33H2. The topological polar surface area (TPSA) is 85.3 Å². The van der Waals surface area contributed by atoms with Crippen LogP contribution in [0.25, 0.3) is 0 Å². The highest BCUT2D eigenvalue weighted by Crippen LogP contribution is 2.43. The Morgan fingerprint density at radius 1 is 0.917 bits per heavy atom. The number of carbonyl (C=O) groups is 1. The van der Waals surface area contributed by atoms with Gasteiger partial charge in [0.25, 0.3) is 0 Å². The van der Waals surface area contributed by atoms with Gasteiger partial charge in [0.15, 0.2) is 0 Å². The van der Waals surface area contributed by atoms with Gasteiger partial charge in [-0.25, -0.2) is 0 Å². The number of allylic oxidation sites excluding steroid dienone is 1. The SMILES string of the molecule is N#CC1=C(N)Oc2cc(OC(=O)C(c3ccccc3)c3ccccc3)ccc2C1c1ccc(Br)cc1. The molecular weight excluding hydrogens is 516 g/mol. The summed E-state index contributed by atoms with van der Waals surface area (Å²) in [5, 5.41) is 9.78. The number of fused-ring (bicyclic) bond motifs is 1. The van der Waals surface area contributed by atoms with Crippen LogP contribution in [0.2, 0.25) is 0 Å². The first-order valence-corrected chi connectivity index (χ1v) is 12.1. The summed E-state index contributed by atoms with van der Waals surface area (Å²) in [5.41, 5.74) is 9.81. The molecule has 0 aliphatic carbocycles. The fourth-order valence-electron chi connectivity index (χ4n) is 4.43. The van der Waals surface area contributed by atoms with E-state index in [1.165, 1.54) is 0 Å². The van der Waals surface area contributed by atoms with Crippen LogP contribution in [0, 0.1) is 11.3 Å². The van der Waals surface area contributed by atoms with E-state index >= 15 is 0 Å². The number of ether oxygens (including phenoxy) is 2. The molecule has 4 aromatic carbocycles. The molecule has 0 saturated heterocycles. The maximum Gasteiger partial charge on any atom is 0.323 e. The quantitative estimate of drug-likeness (QED) is 0.235. The van der Waals surface area contributed by atoms with Crippen molar-refractivity contribution in [3.8, 4) is 17.6 Å². The second kappa shape index (κ2) is 10.1. The molecule has 1 aliphatic heterocycles. The average Bonchev–Trinajstić information content (AvgIpc) is 2.90. The second-order valence-corrected chi connectivity index (χ2v) is 9.27. The molecule has 36 heavy (non-hydrogen) atoms. The number of carbonyl (C=O) groups excluding carboxylic acids is 1. The molecule has 176 valence electrons. The van der Waals surface area contributed by atoms with Crippen LogP contribution in [0.5, 0.6) is 11.5 Å². The Morgan fingerprint density at radius 2 is 1.53 bits per heavy atom. The summed E-state index contributed by atoms with van der Waals surface area (Å²) in [5.74, 6) is -0.575. The second-order valence-electron chi connectivity index (χ2n) is 8.35. The number of nitriles is 1. The zero-order chi connectivity index (χ0) is 25.1. The van der Waals surface area contributed by atoms with E-state index in [1.807, 2.05) is 91.0 Å². The monoisotopic (exact) mass is 536 g/mol. The van der Waals surface area contributed by atoms with E-state index in [0.717, 1.165) is 26.7 Å². The van der Waals surface area contributed by atoms with Crippen molar-refractivity contribution in [2.24, 2.45) is 5.73 Å². The van der Waals surface area contributed by atoms with Crippen LogP contribution >= 0.6 is 15.9 Å². The highest BCUT2D eigenvalue weighted by Gasteiger charge is 2.31. The van der Waals surface area contributed by atoms with Crippen LogP contribution in [-0.2, 0) is 4.79 Å². The highest BCUT2D eigenvalue weighted by molar-refractivity contribution is 9.10. The van der Waals surface area contributed by atoms with Crippen LogP contribution in [-0.4, -0.2) is 5.97 Å². The van der Waals surface area contributed by atoms with Crippen molar-refractivity contribution in [2.75, 3.05) is 0 Å². The molecule has 0 aromatic heterocycles. The lowest BCUT2D eigenvalue weighted by Gasteiger charge is -2.27. The van der Waals surface area contributed by atoms with Crippen molar-refractivity contribution in [1.82, 2.24) is 0 Å². The summed E-state index contributed by atoms with van der Waals surface area (Å²) in [7, 11) is 0. The molecule has 0 amide bonds. The molecule has 5 nitrogen and oxygen atoms in total. The van der Waals surface area contributed by atoms with Gasteiger partial charge in [-0.1, -0.05) is 94.8 Å². The van der Waals surface area contributed by atoms with Crippen molar-refractivity contribution in [2.45, 2.75) is 11.8 Å². The first kappa shape index (κ1) is 23.4. The Morgan fingerprint density at radius 3 is 2.11 bits per heavy atom. The molecule has 6 heteroatoms. The summed E-state index contributed by atoms with van der Waals surface area (Å²) in [6, 6.07) is 34.1. The molecule has 0 bridgehead atoms. The predicted octanol–water partition coefficient (Wildman–Crippen LogP) is 6.40. The maximum absolute atomic E-state index is 13.4. The highest BCUT2D eigenvalue weighted by atomic mass is 79.9. The van der Waals surface area contributed by atoms with Gasteiger partial charge in [-0.05, 0) is 34.9 Å². The Kier molecular flexibility index (Phi) is 6.57. The zero-order valence-corrected chi connectivity index (χ0v) is 20.7. The summed E-state index contributed by atoms with van der Waals surface area (Å²) in [6.45, 7) is 0. The Bertz CT molecular complexity index is 1440. The molecule has 0 spiro atoms. The number of hydrogen-bond acceptors (Lipinski definition) is 5. The van der Waals surface area contributed by atoms with Gasteiger partial charge in [-0.15, -0.1) is 0 Å². The number of hydrogen-bond donors (Lipinski definition) is 1. The third-order valence-corrected chi connectivity index (χ3v) is 6.64. The third kappa shape index (κ3) is 4.61. The number of nitrogens with two attached hydrogens (primary N) is 1. The summed E-state index contributed by atoms with van der Waals surface area (Å²) < 4.78 is 12.6. The van der Waals surface area contributed by atoms with Gasteiger partial charge < -0.3 is 15.2 Å². The van der Waals surface area contributed by atoms with E-state index in [1.54, 1.807) is 12.1 Å². The molecule has 0 saturated carbocycles. The van der Waals surface area contributed by atoms with Gasteiger partial charge in [0.1, 0.15) is 29.1 Å². The van der Waals surface area contributed by atoms with Crippen molar-refractivity contribution in [1.29, 1.82) is 5.26 Å². The van der Waals surface area contributed by atoms with Crippen molar-refractivity contribution in [3.05, 3.63) is 141 Å². The summed E-state index contributed by atoms with van der Waals surface area (Å²) in [4.78, 5) is 13.4. The number of benzene rings is 4. The van der Waals surface area contributed by atoms with Gasteiger partial charge in [0.05, 0.1) is 5.92 Å². The van der Waals surface area contributed by atoms with E-state index in [0.29, 0.717) is 17.1 Å². The number of halogens is 1. The molecule has 1 heterocycles. The minimum atomic E-state index is -0.588. The lowest BCUT2D eigenvalue weighted by atomic mass is 9.83. The first-order valence-electron chi connectivity index (χ1n) is 11.3. The lowest BCUT2D eigenvalue weighted by Crippen LogP contribution is -2.22. The molecule has 5 rings (SSSR count). The molecule has 2 N–H and O–H groups in total. The molecule has 1 unspecified atom stereocenters. The normalized spacial score (nSPS) is 14.5. The minimum absolute atomic E-state index is 0.0350. The molecule has 1 aliphatic rings. The van der Waals surface area contributed by atoms with Crippen molar-refractivity contribution >= 4 is 21.9 Å². The number of nitrogens with zero attached hydrogens (tertiary/aromatic N) is 1. The molecule has 0 radical (unpaired) electrons. The van der Waals surface area contributed by atoms with Crippen LogP contribution in [0.1, 0.15) is 34.1 Å². The van der Waals surface area contributed by atoms with E-state index < -0.39 is 17.8 Å². The molecule has 0 fully saturated rings. The van der Waals surface area contributed by atoms with Gasteiger partial charge in [0, 0.05) is 16.1 Å². The van der Waals surface area contributed by atoms with Gasteiger partial charge in [0.2, 0.25) is 5.88 Å². The Labute approximate surface area is 217 Å². The van der Waals surface area contributed by atoms with Gasteiger partial charge in [-0.3, -0.25) is 4.79 Å². The largest absolute Gasteiger partial charge is 0.440 e. The lowest BCUT2D eigenvalue weighted by molar-refractivity contribution is -0.135. The Balaban J connectivity index is 1.49. The average molecular weight is 537 g/mol. The fourth-order valence-corrected chi connectivity index (χ4v) is 4.69. The third-order valence-electron chi connectivity index (χ3n) is 6.11. The molecular formula is C30H21BrN2O3. The zero-order valence-electron chi connectivity index (χ0n) is 19.1. The minimum Gasteiger partial charge on any atom is -0.440 e. The smallest absolute Gasteiger partial charge is 0.323 e. The van der Waals surface area contributed by atoms with E-state index in [2.05, 4.69) is 22.0 Å². The van der Waals surface area contributed by atoms with Crippen molar-refractivity contribution < 1.29 is 14.3 Å². The van der Waals surface area contributed by atoms with Crippen LogP contribution in [0.15, 0.2) is 119 Å².